The summed E-state index contributed by atoms with van der Waals surface area (Å²) in [5, 5.41) is 13.0. The molecular weight excluding hydrogens is 482 g/mol. The molecule has 2 aliphatic rings. The number of hydrogen-bond donors (Lipinski definition) is 2. The lowest BCUT2D eigenvalue weighted by Gasteiger charge is -2.35. The molecule has 3 aromatic rings. The highest BCUT2D eigenvalue weighted by Crippen LogP contribution is 2.43. The Labute approximate surface area is 222 Å². The summed E-state index contributed by atoms with van der Waals surface area (Å²) in [6, 6.07) is 14.8. The van der Waals surface area contributed by atoms with E-state index < -0.39 is 5.97 Å². The second kappa shape index (κ2) is 11.0. The van der Waals surface area contributed by atoms with Crippen molar-refractivity contribution in [2.75, 3.05) is 25.5 Å². The third-order valence-electron chi connectivity index (χ3n) is 7.66. The van der Waals surface area contributed by atoms with Crippen molar-refractivity contribution < 1.29 is 14.7 Å². The number of nitrogens with one attached hydrogen (secondary N) is 1. The smallest absolute Gasteiger partial charge is 0.346 e. The molecule has 0 unspecified atom stereocenters. The Morgan fingerprint density at radius 3 is 2.51 bits per heavy atom. The van der Waals surface area contributed by atoms with Crippen LogP contribution in [0.3, 0.4) is 0 Å². The molecule has 2 aromatic heterocycles. The Morgan fingerprint density at radius 1 is 1.08 bits per heavy atom. The standard InChI is InChI=1S/C30H33N3O3S/c1-19-6-8-20(9-7-19)25-18-33(2)16-14-23(25)24-17-27(37-28(24)30(35)36)21-10-12-22(13-11-21)32-29(34)26-5-3-4-15-31-26/h3-5,10-13,15,17,19-20H,6-9,14,16,18H2,1-2H3,(H,32,34)(H,35,36). The normalized spacial score (nSPS) is 20.6. The van der Waals surface area contributed by atoms with Crippen LogP contribution in [0.4, 0.5) is 5.69 Å². The Hall–Kier alpha value is -3.29. The molecule has 6 nitrogen and oxygen atoms in total. The first-order valence-corrected chi connectivity index (χ1v) is 13.8. The van der Waals surface area contributed by atoms with Gasteiger partial charge in [-0.25, -0.2) is 4.79 Å². The molecule has 1 fully saturated rings. The lowest BCUT2D eigenvalue weighted by Crippen LogP contribution is -2.31. The average Bonchev–Trinajstić information content (AvgIpc) is 3.36. The summed E-state index contributed by atoms with van der Waals surface area (Å²) in [7, 11) is 2.16. The van der Waals surface area contributed by atoms with Gasteiger partial charge in [0.1, 0.15) is 10.6 Å². The SMILES string of the molecule is CC1CCC(C2=C(c3cc(-c4ccc(NC(=O)c5ccccn5)cc4)sc3C(=O)O)CCN(C)C2)CC1. The minimum absolute atomic E-state index is 0.265. The van der Waals surface area contributed by atoms with Crippen molar-refractivity contribution in [3.05, 3.63) is 76.4 Å². The van der Waals surface area contributed by atoms with Crippen LogP contribution >= 0.6 is 11.3 Å². The molecule has 3 heterocycles. The topological polar surface area (TPSA) is 82.5 Å². The first kappa shape index (κ1) is 25.4. The van der Waals surface area contributed by atoms with Crippen LogP contribution in [-0.2, 0) is 0 Å². The first-order valence-electron chi connectivity index (χ1n) is 13.0. The minimum Gasteiger partial charge on any atom is -0.477 e. The van der Waals surface area contributed by atoms with Gasteiger partial charge in [-0.2, -0.15) is 0 Å². The van der Waals surface area contributed by atoms with Crippen molar-refractivity contribution in [1.82, 2.24) is 9.88 Å². The van der Waals surface area contributed by atoms with E-state index in [1.165, 1.54) is 48.2 Å². The van der Waals surface area contributed by atoms with Gasteiger partial charge >= 0.3 is 5.97 Å². The molecule has 0 radical (unpaired) electrons. The predicted octanol–water partition coefficient (Wildman–Crippen LogP) is 6.68. The van der Waals surface area contributed by atoms with Crippen molar-refractivity contribution >= 4 is 34.5 Å². The lowest BCUT2D eigenvalue weighted by atomic mass is 9.75. The number of likely N-dealkylation sites (N-methyl/N-ethyl adjacent to an activating group) is 1. The van der Waals surface area contributed by atoms with Crippen LogP contribution < -0.4 is 5.32 Å². The van der Waals surface area contributed by atoms with Gasteiger partial charge in [0.25, 0.3) is 5.91 Å². The zero-order chi connectivity index (χ0) is 25.9. The van der Waals surface area contributed by atoms with E-state index in [9.17, 15) is 14.7 Å². The molecule has 5 rings (SSSR count). The zero-order valence-electron chi connectivity index (χ0n) is 21.4. The number of carboxylic acids is 1. The van der Waals surface area contributed by atoms with Gasteiger partial charge in [0.05, 0.1) is 0 Å². The van der Waals surface area contributed by atoms with Crippen molar-refractivity contribution in [2.24, 2.45) is 11.8 Å². The summed E-state index contributed by atoms with van der Waals surface area (Å²) in [5.41, 5.74) is 5.55. The van der Waals surface area contributed by atoms with E-state index in [1.54, 1.807) is 24.4 Å². The van der Waals surface area contributed by atoms with E-state index in [4.69, 9.17) is 0 Å². The van der Waals surface area contributed by atoms with E-state index >= 15 is 0 Å². The van der Waals surface area contributed by atoms with Crippen LogP contribution in [0.2, 0.25) is 0 Å². The Balaban J connectivity index is 1.44. The highest BCUT2D eigenvalue weighted by molar-refractivity contribution is 7.17. The molecule has 37 heavy (non-hydrogen) atoms. The zero-order valence-corrected chi connectivity index (χ0v) is 22.2. The molecule has 1 saturated carbocycles. The number of rotatable bonds is 6. The van der Waals surface area contributed by atoms with E-state index in [0.717, 1.165) is 41.4 Å². The van der Waals surface area contributed by atoms with E-state index in [2.05, 4.69) is 35.2 Å². The van der Waals surface area contributed by atoms with Crippen LogP contribution in [0, 0.1) is 11.8 Å². The van der Waals surface area contributed by atoms with Crippen molar-refractivity contribution in [1.29, 1.82) is 0 Å². The molecule has 192 valence electrons. The quantitative estimate of drug-likeness (QED) is 0.383. The fraction of sp³-hybridized carbons (Fsp3) is 0.367. The number of hydrogen-bond acceptors (Lipinski definition) is 5. The number of carboxylic acid groups (broad SMARTS) is 1. The highest BCUT2D eigenvalue weighted by atomic mass is 32.1. The second-order valence-corrected chi connectivity index (χ2v) is 11.4. The maximum atomic E-state index is 12.4. The molecule has 0 atom stereocenters. The Bertz CT molecular complexity index is 1310. The number of carbonyl (C=O) groups excluding carboxylic acids is 1. The summed E-state index contributed by atoms with van der Waals surface area (Å²) in [6.07, 6.45) is 7.35. The first-order chi connectivity index (χ1) is 17.9. The summed E-state index contributed by atoms with van der Waals surface area (Å²) < 4.78 is 0. The van der Waals surface area contributed by atoms with E-state index in [1.807, 2.05) is 24.3 Å². The lowest BCUT2D eigenvalue weighted by molar-refractivity contribution is 0.0701. The molecule has 0 spiro atoms. The summed E-state index contributed by atoms with van der Waals surface area (Å²) in [4.78, 5) is 32.6. The fourth-order valence-electron chi connectivity index (χ4n) is 5.55. The number of thiophene rings is 1. The van der Waals surface area contributed by atoms with Gasteiger partial charge < -0.3 is 15.3 Å². The molecule has 0 bridgehead atoms. The number of pyridine rings is 1. The van der Waals surface area contributed by atoms with Crippen molar-refractivity contribution in [2.45, 2.75) is 39.0 Å². The van der Waals surface area contributed by atoms with Crippen LogP contribution in [0.5, 0.6) is 0 Å². The number of amides is 1. The number of aromatic carboxylic acids is 1. The number of aromatic nitrogens is 1. The van der Waals surface area contributed by atoms with Gasteiger partial charge in [-0.05, 0) is 85.2 Å². The molecule has 1 aromatic carbocycles. The Kier molecular flexibility index (Phi) is 7.53. The third-order valence-corrected chi connectivity index (χ3v) is 8.83. The van der Waals surface area contributed by atoms with Gasteiger partial charge in [0.15, 0.2) is 0 Å². The summed E-state index contributed by atoms with van der Waals surface area (Å²) in [5.74, 6) is 0.189. The average molecular weight is 516 g/mol. The van der Waals surface area contributed by atoms with Crippen LogP contribution in [0.15, 0.2) is 60.3 Å². The van der Waals surface area contributed by atoms with Crippen LogP contribution in [0.25, 0.3) is 16.0 Å². The molecule has 2 N–H and O–H groups in total. The predicted molar refractivity (Wildman–Crippen MR) is 149 cm³/mol. The number of carbonyl (C=O) groups is 2. The van der Waals surface area contributed by atoms with Gasteiger partial charge in [0, 0.05) is 35.4 Å². The molecule has 1 amide bonds. The molecule has 1 aliphatic carbocycles. The number of nitrogens with zero attached hydrogens (tertiary/aromatic N) is 2. The molecule has 7 heteroatoms. The monoisotopic (exact) mass is 515 g/mol. The van der Waals surface area contributed by atoms with Crippen molar-refractivity contribution in [3.8, 4) is 10.4 Å². The van der Waals surface area contributed by atoms with Gasteiger partial charge in [0.2, 0.25) is 0 Å². The Morgan fingerprint density at radius 2 is 1.84 bits per heavy atom. The second-order valence-electron chi connectivity index (χ2n) is 10.4. The van der Waals surface area contributed by atoms with Crippen molar-refractivity contribution in [3.63, 3.8) is 0 Å². The van der Waals surface area contributed by atoms with Gasteiger partial charge in [-0.3, -0.25) is 9.78 Å². The summed E-state index contributed by atoms with van der Waals surface area (Å²) >= 11 is 1.34. The number of anilines is 1. The minimum atomic E-state index is -0.867. The van der Waals surface area contributed by atoms with Gasteiger partial charge in [-0.1, -0.05) is 38.0 Å². The van der Waals surface area contributed by atoms with E-state index in [0.29, 0.717) is 22.2 Å². The van der Waals surface area contributed by atoms with Crippen LogP contribution in [0.1, 0.15) is 64.8 Å². The maximum absolute atomic E-state index is 12.4. The molecule has 1 aliphatic heterocycles. The summed E-state index contributed by atoms with van der Waals surface area (Å²) in [6.45, 7) is 4.20. The highest BCUT2D eigenvalue weighted by Gasteiger charge is 2.30. The maximum Gasteiger partial charge on any atom is 0.346 e. The number of benzene rings is 1. The van der Waals surface area contributed by atoms with Crippen LogP contribution in [-0.4, -0.2) is 47.0 Å². The fourth-order valence-corrected chi connectivity index (χ4v) is 6.58. The molecular formula is C30H33N3O3S. The van der Waals surface area contributed by atoms with E-state index in [-0.39, 0.29) is 5.91 Å². The largest absolute Gasteiger partial charge is 0.477 e. The third kappa shape index (κ3) is 5.68. The van der Waals surface area contributed by atoms with Gasteiger partial charge in [-0.15, -0.1) is 11.3 Å². The molecule has 0 saturated heterocycles.